The highest BCUT2D eigenvalue weighted by molar-refractivity contribution is 6.31. The molecular formula is C22H25ClN2O3. The number of carbonyl (C=O) groups excluding carboxylic acids is 1. The number of carbonyl (C=O) groups is 1. The summed E-state index contributed by atoms with van der Waals surface area (Å²) in [6, 6.07) is 13.4. The van der Waals surface area contributed by atoms with E-state index in [-0.39, 0.29) is 18.1 Å². The van der Waals surface area contributed by atoms with E-state index in [1.54, 1.807) is 13.0 Å². The van der Waals surface area contributed by atoms with E-state index in [2.05, 4.69) is 18.7 Å². The van der Waals surface area contributed by atoms with Crippen molar-refractivity contribution in [3.8, 4) is 5.75 Å². The fourth-order valence-electron chi connectivity index (χ4n) is 3.57. The van der Waals surface area contributed by atoms with E-state index in [0.29, 0.717) is 10.8 Å². The largest absolute Gasteiger partial charge is 0.462 e. The first-order valence-electron chi connectivity index (χ1n) is 9.49. The van der Waals surface area contributed by atoms with Crippen molar-refractivity contribution in [1.82, 2.24) is 0 Å². The van der Waals surface area contributed by atoms with Crippen LogP contribution in [0.3, 0.4) is 0 Å². The molecule has 0 bridgehead atoms. The summed E-state index contributed by atoms with van der Waals surface area (Å²) in [7, 11) is 0. The zero-order valence-corrected chi connectivity index (χ0v) is 17.1. The molecule has 1 aliphatic heterocycles. The molecule has 0 saturated carbocycles. The standard InChI is InChI=1S/C22H25ClN2O3/c1-4-25(5-2)14-11-12-16-18(13-14)28-21(24)20(22(26)27-6-3)19(16)15-9-7-8-10-17(15)23/h7-13,19H,4-6,24H2,1-3H3/t19-/m0/s1. The summed E-state index contributed by atoms with van der Waals surface area (Å²) in [5.41, 5.74) is 9.13. The normalized spacial score (nSPS) is 15.6. The number of nitrogens with zero attached hydrogens (tertiary/aromatic N) is 1. The molecule has 1 aliphatic rings. The third-order valence-electron chi connectivity index (χ3n) is 4.92. The number of anilines is 1. The molecule has 0 aromatic heterocycles. The molecule has 2 aromatic rings. The SMILES string of the molecule is CCOC(=O)C1=C(N)Oc2cc(N(CC)CC)ccc2[C@@H]1c1ccccc1Cl. The summed E-state index contributed by atoms with van der Waals surface area (Å²) in [5, 5.41) is 0.558. The minimum absolute atomic E-state index is 0.0487. The summed E-state index contributed by atoms with van der Waals surface area (Å²) in [4.78, 5) is 14.9. The Morgan fingerprint density at radius 1 is 1.14 bits per heavy atom. The lowest BCUT2D eigenvalue weighted by atomic mass is 9.83. The van der Waals surface area contributed by atoms with Gasteiger partial charge >= 0.3 is 5.97 Å². The van der Waals surface area contributed by atoms with Crippen molar-refractivity contribution in [2.45, 2.75) is 26.7 Å². The molecule has 28 heavy (non-hydrogen) atoms. The number of nitrogens with two attached hydrogens (primary N) is 1. The maximum atomic E-state index is 12.7. The monoisotopic (exact) mass is 400 g/mol. The topological polar surface area (TPSA) is 64.8 Å². The fourth-order valence-corrected chi connectivity index (χ4v) is 3.81. The average Bonchev–Trinajstić information content (AvgIpc) is 2.68. The molecule has 0 spiro atoms. The molecule has 0 radical (unpaired) electrons. The Kier molecular flexibility index (Phi) is 6.15. The van der Waals surface area contributed by atoms with Crippen LogP contribution in [0.25, 0.3) is 0 Å². The smallest absolute Gasteiger partial charge is 0.340 e. The predicted octanol–water partition coefficient (Wildman–Crippen LogP) is 4.44. The quantitative estimate of drug-likeness (QED) is 0.726. The molecule has 148 valence electrons. The first-order valence-corrected chi connectivity index (χ1v) is 9.87. The van der Waals surface area contributed by atoms with Gasteiger partial charge in [0.1, 0.15) is 11.3 Å². The molecule has 0 aliphatic carbocycles. The van der Waals surface area contributed by atoms with Crippen molar-refractivity contribution in [1.29, 1.82) is 0 Å². The van der Waals surface area contributed by atoms with Gasteiger partial charge in [-0.15, -0.1) is 0 Å². The van der Waals surface area contributed by atoms with Gasteiger partial charge in [0.2, 0.25) is 5.88 Å². The highest BCUT2D eigenvalue weighted by atomic mass is 35.5. The van der Waals surface area contributed by atoms with E-state index in [9.17, 15) is 4.79 Å². The van der Waals surface area contributed by atoms with Gasteiger partial charge in [-0.05, 0) is 38.5 Å². The number of rotatable bonds is 6. The molecule has 0 saturated heterocycles. The fraction of sp³-hybridized carbons (Fsp3) is 0.318. The lowest BCUT2D eigenvalue weighted by Gasteiger charge is -2.30. The van der Waals surface area contributed by atoms with Gasteiger partial charge in [0.15, 0.2) is 0 Å². The molecule has 2 N–H and O–H groups in total. The highest BCUT2D eigenvalue weighted by Crippen LogP contribution is 2.45. The zero-order chi connectivity index (χ0) is 20.3. The number of hydrogen-bond donors (Lipinski definition) is 1. The third kappa shape index (κ3) is 3.67. The molecule has 5 nitrogen and oxygen atoms in total. The number of benzene rings is 2. The Labute approximate surface area is 170 Å². The van der Waals surface area contributed by atoms with Crippen LogP contribution >= 0.6 is 11.6 Å². The van der Waals surface area contributed by atoms with Gasteiger partial charge in [0.25, 0.3) is 0 Å². The first-order chi connectivity index (χ1) is 13.5. The Hall–Kier alpha value is -2.66. The van der Waals surface area contributed by atoms with Gasteiger partial charge in [-0.1, -0.05) is 35.9 Å². The van der Waals surface area contributed by atoms with Crippen LogP contribution in [0.2, 0.25) is 5.02 Å². The molecule has 0 fully saturated rings. The van der Waals surface area contributed by atoms with Gasteiger partial charge in [-0.3, -0.25) is 0 Å². The Morgan fingerprint density at radius 2 is 1.86 bits per heavy atom. The van der Waals surface area contributed by atoms with Crippen LogP contribution in [0.4, 0.5) is 5.69 Å². The van der Waals surface area contributed by atoms with Crippen molar-refractivity contribution in [2.75, 3.05) is 24.6 Å². The molecule has 0 unspecified atom stereocenters. The van der Waals surface area contributed by atoms with Crippen molar-refractivity contribution >= 4 is 23.3 Å². The van der Waals surface area contributed by atoms with Gasteiger partial charge in [-0.25, -0.2) is 4.79 Å². The number of halogens is 1. The second-order valence-corrected chi connectivity index (χ2v) is 6.86. The van der Waals surface area contributed by atoms with Crippen LogP contribution in [0.15, 0.2) is 53.9 Å². The van der Waals surface area contributed by atoms with E-state index in [1.807, 2.05) is 36.4 Å². The van der Waals surface area contributed by atoms with E-state index in [0.717, 1.165) is 29.9 Å². The number of ether oxygens (including phenoxy) is 2. The van der Waals surface area contributed by atoms with E-state index in [1.165, 1.54) is 0 Å². The summed E-state index contributed by atoms with van der Waals surface area (Å²) < 4.78 is 11.1. The highest BCUT2D eigenvalue weighted by Gasteiger charge is 2.36. The predicted molar refractivity (Wildman–Crippen MR) is 112 cm³/mol. The minimum atomic E-state index is -0.497. The summed E-state index contributed by atoms with van der Waals surface area (Å²) in [5.74, 6) is -0.280. The maximum Gasteiger partial charge on any atom is 0.340 e. The van der Waals surface area contributed by atoms with Crippen molar-refractivity contribution < 1.29 is 14.3 Å². The van der Waals surface area contributed by atoms with Crippen LogP contribution < -0.4 is 15.4 Å². The van der Waals surface area contributed by atoms with Crippen LogP contribution in [-0.4, -0.2) is 25.7 Å². The van der Waals surface area contributed by atoms with E-state index in [4.69, 9.17) is 26.8 Å². The maximum absolute atomic E-state index is 12.7. The Morgan fingerprint density at radius 3 is 2.50 bits per heavy atom. The first kappa shape index (κ1) is 20.1. The molecule has 0 amide bonds. The third-order valence-corrected chi connectivity index (χ3v) is 5.27. The van der Waals surface area contributed by atoms with Crippen molar-refractivity contribution in [3.05, 3.63) is 70.1 Å². The number of fused-ring (bicyclic) bond motifs is 1. The molecule has 1 atom stereocenters. The van der Waals surface area contributed by atoms with E-state index >= 15 is 0 Å². The van der Waals surface area contributed by atoms with Crippen LogP contribution in [0.1, 0.15) is 37.8 Å². The van der Waals surface area contributed by atoms with Crippen LogP contribution in [-0.2, 0) is 9.53 Å². The summed E-state index contributed by atoms with van der Waals surface area (Å²) in [6.07, 6.45) is 0. The van der Waals surface area contributed by atoms with E-state index < -0.39 is 11.9 Å². The lowest BCUT2D eigenvalue weighted by molar-refractivity contribution is -0.139. The van der Waals surface area contributed by atoms with Gasteiger partial charge in [-0.2, -0.15) is 0 Å². The van der Waals surface area contributed by atoms with Crippen LogP contribution in [0, 0.1) is 0 Å². The zero-order valence-electron chi connectivity index (χ0n) is 16.4. The van der Waals surface area contributed by atoms with Gasteiger partial charge in [0.05, 0.1) is 12.5 Å². The summed E-state index contributed by atoms with van der Waals surface area (Å²) >= 11 is 6.48. The number of esters is 1. The van der Waals surface area contributed by atoms with Gasteiger partial charge in [0, 0.05) is 35.4 Å². The summed E-state index contributed by atoms with van der Waals surface area (Å²) in [6.45, 7) is 7.96. The van der Waals surface area contributed by atoms with Crippen molar-refractivity contribution in [3.63, 3.8) is 0 Å². The molecule has 3 rings (SSSR count). The molecule has 2 aromatic carbocycles. The second kappa shape index (κ2) is 8.57. The molecule has 6 heteroatoms. The second-order valence-electron chi connectivity index (χ2n) is 6.45. The Bertz CT molecular complexity index is 906. The van der Waals surface area contributed by atoms with Crippen molar-refractivity contribution in [2.24, 2.45) is 5.73 Å². The van der Waals surface area contributed by atoms with Gasteiger partial charge < -0.3 is 20.1 Å². The minimum Gasteiger partial charge on any atom is -0.462 e. The van der Waals surface area contributed by atoms with Crippen LogP contribution in [0.5, 0.6) is 5.75 Å². The molecule has 1 heterocycles. The lowest BCUT2D eigenvalue weighted by Crippen LogP contribution is -2.28. The Balaban J connectivity index is 2.17. The number of hydrogen-bond acceptors (Lipinski definition) is 5. The molecular weight excluding hydrogens is 376 g/mol. The average molecular weight is 401 g/mol.